The Kier molecular flexibility index (Phi) is 7.27. The summed E-state index contributed by atoms with van der Waals surface area (Å²) in [5.41, 5.74) is 2.18. The van der Waals surface area contributed by atoms with Gasteiger partial charge in [0.1, 0.15) is 5.76 Å². The van der Waals surface area contributed by atoms with Crippen molar-refractivity contribution in [2.75, 3.05) is 19.3 Å². The summed E-state index contributed by atoms with van der Waals surface area (Å²) in [5.74, 6) is 3.03. The standard InChI is InChI=1S/C17H30N4OS/c1-5-23-15-8-6-7-14(11-15)20-17(18-4)19-10-9-16-12(2)21-22-13(16)3/h14-15H,5-11H2,1-4H3,(H2,18,19,20)/t14-,15+/m0/s1. The van der Waals surface area contributed by atoms with Crippen molar-refractivity contribution in [1.82, 2.24) is 15.8 Å². The number of nitrogens with zero attached hydrogens (tertiary/aromatic N) is 2. The number of aliphatic imine (C=N–C) groups is 1. The average Bonchev–Trinajstić information content (AvgIpc) is 2.86. The lowest BCUT2D eigenvalue weighted by Gasteiger charge is -2.30. The number of guanidine groups is 1. The molecule has 1 fully saturated rings. The lowest BCUT2D eigenvalue weighted by molar-refractivity contribution is 0.392. The van der Waals surface area contributed by atoms with Gasteiger partial charge in [-0.1, -0.05) is 18.5 Å². The van der Waals surface area contributed by atoms with Gasteiger partial charge in [-0.3, -0.25) is 4.99 Å². The summed E-state index contributed by atoms with van der Waals surface area (Å²) >= 11 is 2.09. The quantitative estimate of drug-likeness (QED) is 0.616. The second-order valence-corrected chi connectivity index (χ2v) is 7.71. The molecule has 5 nitrogen and oxygen atoms in total. The molecule has 130 valence electrons. The molecule has 23 heavy (non-hydrogen) atoms. The van der Waals surface area contributed by atoms with Gasteiger partial charge < -0.3 is 15.2 Å². The molecule has 0 saturated heterocycles. The fourth-order valence-electron chi connectivity index (χ4n) is 3.22. The van der Waals surface area contributed by atoms with Crippen LogP contribution in [0.15, 0.2) is 9.52 Å². The Morgan fingerprint density at radius 2 is 2.22 bits per heavy atom. The van der Waals surface area contributed by atoms with Gasteiger partial charge in [-0.2, -0.15) is 11.8 Å². The van der Waals surface area contributed by atoms with Crippen LogP contribution in [-0.2, 0) is 6.42 Å². The van der Waals surface area contributed by atoms with Crippen molar-refractivity contribution in [3.05, 3.63) is 17.0 Å². The van der Waals surface area contributed by atoms with Gasteiger partial charge in [0.15, 0.2) is 5.96 Å². The van der Waals surface area contributed by atoms with Crippen LogP contribution in [0.1, 0.15) is 49.6 Å². The van der Waals surface area contributed by atoms with E-state index in [1.807, 2.05) is 20.9 Å². The normalized spacial score (nSPS) is 22.2. The van der Waals surface area contributed by atoms with Crippen molar-refractivity contribution < 1.29 is 4.52 Å². The first-order valence-electron chi connectivity index (χ1n) is 8.64. The highest BCUT2D eigenvalue weighted by Gasteiger charge is 2.22. The Balaban J connectivity index is 1.77. The molecule has 6 heteroatoms. The van der Waals surface area contributed by atoms with Crippen LogP contribution >= 0.6 is 11.8 Å². The van der Waals surface area contributed by atoms with Gasteiger partial charge in [0.25, 0.3) is 0 Å². The van der Waals surface area contributed by atoms with Gasteiger partial charge in [-0.05, 0) is 45.3 Å². The Bertz CT molecular complexity index is 493. The summed E-state index contributed by atoms with van der Waals surface area (Å²) in [7, 11) is 1.84. The molecule has 2 N–H and O–H groups in total. The van der Waals surface area contributed by atoms with E-state index in [9.17, 15) is 0 Å². The van der Waals surface area contributed by atoms with E-state index in [1.165, 1.54) is 37.0 Å². The molecule has 0 radical (unpaired) electrons. The van der Waals surface area contributed by atoms with E-state index in [4.69, 9.17) is 4.52 Å². The molecule has 0 spiro atoms. The largest absolute Gasteiger partial charge is 0.361 e. The molecule has 1 aromatic rings. The molecule has 1 aliphatic rings. The highest BCUT2D eigenvalue weighted by Crippen LogP contribution is 2.28. The molecule has 0 unspecified atom stereocenters. The van der Waals surface area contributed by atoms with E-state index >= 15 is 0 Å². The first kappa shape index (κ1) is 18.2. The van der Waals surface area contributed by atoms with Crippen molar-refractivity contribution in [2.45, 2.75) is 64.2 Å². The zero-order chi connectivity index (χ0) is 16.7. The van der Waals surface area contributed by atoms with Gasteiger partial charge >= 0.3 is 0 Å². The smallest absolute Gasteiger partial charge is 0.191 e. The predicted molar refractivity (Wildman–Crippen MR) is 98.4 cm³/mol. The summed E-state index contributed by atoms with van der Waals surface area (Å²) in [6, 6.07) is 0.540. The van der Waals surface area contributed by atoms with Crippen molar-refractivity contribution in [3.63, 3.8) is 0 Å². The topological polar surface area (TPSA) is 62.5 Å². The van der Waals surface area contributed by atoms with Crippen LogP contribution < -0.4 is 10.6 Å². The number of aromatic nitrogens is 1. The van der Waals surface area contributed by atoms with Gasteiger partial charge in [0.05, 0.1) is 5.69 Å². The van der Waals surface area contributed by atoms with Crippen LogP contribution in [0.25, 0.3) is 0 Å². The zero-order valence-corrected chi connectivity index (χ0v) is 15.6. The highest BCUT2D eigenvalue weighted by molar-refractivity contribution is 7.99. The molecule has 0 amide bonds. The number of hydrogen-bond acceptors (Lipinski definition) is 4. The third-order valence-electron chi connectivity index (χ3n) is 4.44. The molecule has 2 rings (SSSR count). The minimum absolute atomic E-state index is 0.540. The third-order valence-corrected chi connectivity index (χ3v) is 5.67. The van der Waals surface area contributed by atoms with E-state index in [0.717, 1.165) is 35.6 Å². The summed E-state index contributed by atoms with van der Waals surface area (Å²) in [5, 5.41) is 11.8. The maximum absolute atomic E-state index is 5.21. The van der Waals surface area contributed by atoms with Crippen LogP contribution in [0.3, 0.4) is 0 Å². The summed E-state index contributed by atoms with van der Waals surface area (Å²) in [6.45, 7) is 7.04. The van der Waals surface area contributed by atoms with E-state index in [1.54, 1.807) is 0 Å². The monoisotopic (exact) mass is 338 g/mol. The molecule has 1 saturated carbocycles. The van der Waals surface area contributed by atoms with Gasteiger partial charge in [-0.25, -0.2) is 0 Å². The van der Waals surface area contributed by atoms with E-state index < -0.39 is 0 Å². The van der Waals surface area contributed by atoms with E-state index in [0.29, 0.717) is 6.04 Å². The molecule has 2 atom stereocenters. The molecule has 0 aliphatic heterocycles. The van der Waals surface area contributed by atoms with Crippen molar-refractivity contribution in [3.8, 4) is 0 Å². The fourth-order valence-corrected chi connectivity index (χ4v) is 4.39. The number of rotatable bonds is 6. The fraction of sp³-hybridized carbons (Fsp3) is 0.765. The maximum Gasteiger partial charge on any atom is 0.191 e. The van der Waals surface area contributed by atoms with Crippen molar-refractivity contribution in [1.29, 1.82) is 0 Å². The van der Waals surface area contributed by atoms with Crippen LogP contribution in [-0.4, -0.2) is 41.8 Å². The minimum atomic E-state index is 0.540. The lowest BCUT2D eigenvalue weighted by atomic mass is 9.95. The molecular formula is C17H30N4OS. The van der Waals surface area contributed by atoms with E-state index in [-0.39, 0.29) is 0 Å². The Labute approximate surface area is 144 Å². The molecular weight excluding hydrogens is 308 g/mol. The van der Waals surface area contributed by atoms with Gasteiger partial charge in [-0.15, -0.1) is 0 Å². The minimum Gasteiger partial charge on any atom is -0.361 e. The van der Waals surface area contributed by atoms with Crippen molar-refractivity contribution >= 4 is 17.7 Å². The maximum atomic E-state index is 5.21. The number of aryl methyl sites for hydroxylation is 2. The zero-order valence-electron chi connectivity index (χ0n) is 14.8. The molecule has 0 aromatic carbocycles. The molecule has 0 bridgehead atoms. The van der Waals surface area contributed by atoms with Crippen LogP contribution in [0, 0.1) is 13.8 Å². The molecule has 1 aromatic heterocycles. The molecule has 1 heterocycles. The van der Waals surface area contributed by atoms with Crippen LogP contribution in [0.5, 0.6) is 0 Å². The lowest BCUT2D eigenvalue weighted by Crippen LogP contribution is -2.46. The first-order chi connectivity index (χ1) is 11.1. The third kappa shape index (κ3) is 5.44. The second kappa shape index (κ2) is 9.21. The van der Waals surface area contributed by atoms with Gasteiger partial charge in [0, 0.05) is 30.4 Å². The van der Waals surface area contributed by atoms with Crippen molar-refractivity contribution in [2.24, 2.45) is 4.99 Å². The SMILES string of the molecule is CCS[C@@H]1CCC[C@H](NC(=NC)NCCc2c(C)noc2C)C1. The van der Waals surface area contributed by atoms with Crippen LogP contribution in [0.2, 0.25) is 0 Å². The van der Waals surface area contributed by atoms with Crippen LogP contribution in [0.4, 0.5) is 0 Å². The number of nitrogens with one attached hydrogen (secondary N) is 2. The predicted octanol–water partition coefficient (Wildman–Crippen LogP) is 3.06. The Hall–Kier alpha value is -1.17. The Morgan fingerprint density at radius 3 is 2.87 bits per heavy atom. The molecule has 1 aliphatic carbocycles. The van der Waals surface area contributed by atoms with Gasteiger partial charge in [0.2, 0.25) is 0 Å². The number of thioether (sulfide) groups is 1. The summed E-state index contributed by atoms with van der Waals surface area (Å²) in [4.78, 5) is 4.37. The average molecular weight is 339 g/mol. The Morgan fingerprint density at radius 1 is 1.39 bits per heavy atom. The first-order valence-corrected chi connectivity index (χ1v) is 9.69. The van der Waals surface area contributed by atoms with E-state index in [2.05, 4.69) is 39.5 Å². The summed E-state index contributed by atoms with van der Waals surface area (Å²) in [6.07, 6.45) is 6.05. The summed E-state index contributed by atoms with van der Waals surface area (Å²) < 4.78 is 5.21. The second-order valence-electron chi connectivity index (χ2n) is 6.14. The number of hydrogen-bond donors (Lipinski definition) is 2. The highest BCUT2D eigenvalue weighted by atomic mass is 32.2.